The Bertz CT molecular complexity index is 554. The van der Waals surface area contributed by atoms with E-state index in [1.165, 1.54) is 7.11 Å². The molecule has 0 aliphatic carbocycles. The molecule has 1 aromatic carbocycles. The number of hydrogen-bond donors (Lipinski definition) is 2. The van der Waals surface area contributed by atoms with Crippen molar-refractivity contribution >= 4 is 28.2 Å². The van der Waals surface area contributed by atoms with Gasteiger partial charge in [-0.05, 0) is 23.6 Å². The number of nitrogen functional groups attached to an aromatic ring is 1. The molecule has 0 saturated carbocycles. The molecule has 3 N–H and O–H groups in total. The van der Waals surface area contributed by atoms with E-state index in [1.807, 2.05) is 24.3 Å². The van der Waals surface area contributed by atoms with Crippen LogP contribution in [0.15, 0.2) is 30.5 Å². The lowest BCUT2D eigenvalue weighted by atomic mass is 10.1. The molecule has 0 saturated heterocycles. The number of fused-ring (bicyclic) bond motifs is 1. The van der Waals surface area contributed by atoms with Crippen molar-refractivity contribution in [1.29, 1.82) is 0 Å². The van der Waals surface area contributed by atoms with Crippen LogP contribution in [0.5, 0.6) is 0 Å². The van der Waals surface area contributed by atoms with Gasteiger partial charge in [-0.2, -0.15) is 0 Å². The van der Waals surface area contributed by atoms with Crippen LogP contribution in [0.3, 0.4) is 0 Å². The minimum Gasteiger partial charge on any atom is -0.468 e. The summed E-state index contributed by atoms with van der Waals surface area (Å²) in [5.74, 6) is 0.285. The molecule has 1 heterocycles. The topological polar surface area (TPSA) is 77.2 Å². The summed E-state index contributed by atoms with van der Waals surface area (Å²) in [7, 11) is 1.35. The standard InChI is InChI=1S/C12H13N3O2/c1-17-11(16)7-15-12-10-6-9(13)3-2-8(10)4-5-14-12/h2-6H,7,13H2,1H3,(H,14,15). The van der Waals surface area contributed by atoms with E-state index in [0.29, 0.717) is 11.5 Å². The number of methoxy groups -OCH3 is 1. The fourth-order valence-corrected chi connectivity index (χ4v) is 1.55. The van der Waals surface area contributed by atoms with Gasteiger partial charge in [-0.25, -0.2) is 4.98 Å². The van der Waals surface area contributed by atoms with Crippen molar-refractivity contribution in [2.45, 2.75) is 0 Å². The van der Waals surface area contributed by atoms with Crippen LogP contribution < -0.4 is 11.1 Å². The molecule has 17 heavy (non-hydrogen) atoms. The van der Waals surface area contributed by atoms with Crippen LogP contribution in [0.4, 0.5) is 11.5 Å². The van der Waals surface area contributed by atoms with E-state index in [-0.39, 0.29) is 12.5 Å². The Morgan fingerprint density at radius 3 is 3.06 bits per heavy atom. The summed E-state index contributed by atoms with van der Waals surface area (Å²) < 4.78 is 4.55. The molecular weight excluding hydrogens is 218 g/mol. The first-order valence-corrected chi connectivity index (χ1v) is 5.15. The maximum absolute atomic E-state index is 11.1. The van der Waals surface area contributed by atoms with Crippen LogP contribution in [0, 0.1) is 0 Å². The molecule has 0 fully saturated rings. The summed E-state index contributed by atoms with van der Waals surface area (Å²) in [6.45, 7) is 0.0808. The predicted octanol–water partition coefficient (Wildman–Crippen LogP) is 1.40. The fourth-order valence-electron chi connectivity index (χ4n) is 1.55. The van der Waals surface area contributed by atoms with E-state index in [0.717, 1.165) is 10.8 Å². The van der Waals surface area contributed by atoms with Crippen LogP contribution in [0.1, 0.15) is 0 Å². The lowest BCUT2D eigenvalue weighted by Gasteiger charge is -2.08. The summed E-state index contributed by atoms with van der Waals surface area (Å²) in [4.78, 5) is 15.2. The van der Waals surface area contributed by atoms with Crippen molar-refractivity contribution < 1.29 is 9.53 Å². The highest BCUT2D eigenvalue weighted by Crippen LogP contribution is 2.23. The maximum Gasteiger partial charge on any atom is 0.325 e. The number of nitrogens with two attached hydrogens (primary N) is 1. The molecule has 0 bridgehead atoms. The molecular formula is C12H13N3O2. The van der Waals surface area contributed by atoms with Gasteiger partial charge in [0.15, 0.2) is 0 Å². The second-order valence-electron chi connectivity index (χ2n) is 3.57. The van der Waals surface area contributed by atoms with Gasteiger partial charge in [0.2, 0.25) is 0 Å². The molecule has 0 spiro atoms. The van der Waals surface area contributed by atoms with Crippen LogP contribution in [-0.2, 0) is 9.53 Å². The van der Waals surface area contributed by atoms with Crippen molar-refractivity contribution in [2.75, 3.05) is 24.7 Å². The van der Waals surface area contributed by atoms with Gasteiger partial charge in [0.1, 0.15) is 12.4 Å². The molecule has 5 nitrogen and oxygen atoms in total. The van der Waals surface area contributed by atoms with Gasteiger partial charge in [0.25, 0.3) is 0 Å². The molecule has 0 atom stereocenters. The van der Waals surface area contributed by atoms with E-state index in [2.05, 4.69) is 15.0 Å². The lowest BCUT2D eigenvalue weighted by Crippen LogP contribution is -2.15. The molecule has 2 rings (SSSR count). The van der Waals surface area contributed by atoms with Gasteiger partial charge in [-0.3, -0.25) is 4.79 Å². The number of benzene rings is 1. The highest BCUT2D eigenvalue weighted by molar-refractivity contribution is 5.94. The molecule has 0 radical (unpaired) electrons. The zero-order valence-corrected chi connectivity index (χ0v) is 9.43. The number of nitrogens with one attached hydrogen (secondary N) is 1. The van der Waals surface area contributed by atoms with Crippen LogP contribution in [0.25, 0.3) is 10.8 Å². The third kappa shape index (κ3) is 2.44. The Labute approximate surface area is 98.6 Å². The van der Waals surface area contributed by atoms with E-state index < -0.39 is 0 Å². The first kappa shape index (κ1) is 11.2. The van der Waals surface area contributed by atoms with E-state index in [9.17, 15) is 4.79 Å². The minimum absolute atomic E-state index is 0.0808. The number of hydrogen-bond acceptors (Lipinski definition) is 5. The molecule has 5 heteroatoms. The number of carbonyl (C=O) groups is 1. The number of esters is 1. The number of aromatic nitrogens is 1. The maximum atomic E-state index is 11.1. The van der Waals surface area contributed by atoms with Crippen molar-refractivity contribution in [3.05, 3.63) is 30.5 Å². The van der Waals surface area contributed by atoms with Crippen LogP contribution in [0.2, 0.25) is 0 Å². The molecule has 0 amide bonds. The number of carbonyl (C=O) groups excluding carboxylic acids is 1. The molecule has 1 aromatic heterocycles. The molecule has 0 aliphatic heterocycles. The number of anilines is 2. The van der Waals surface area contributed by atoms with Gasteiger partial charge >= 0.3 is 5.97 Å². The lowest BCUT2D eigenvalue weighted by molar-refractivity contribution is -0.138. The average Bonchev–Trinajstić information content (AvgIpc) is 2.35. The Morgan fingerprint density at radius 1 is 1.47 bits per heavy atom. The first-order valence-electron chi connectivity index (χ1n) is 5.15. The van der Waals surface area contributed by atoms with Gasteiger partial charge < -0.3 is 15.8 Å². The largest absolute Gasteiger partial charge is 0.468 e. The number of nitrogens with zero attached hydrogens (tertiary/aromatic N) is 1. The third-order valence-corrected chi connectivity index (χ3v) is 2.42. The van der Waals surface area contributed by atoms with Crippen molar-refractivity contribution in [1.82, 2.24) is 4.98 Å². The number of ether oxygens (including phenoxy) is 1. The van der Waals surface area contributed by atoms with E-state index in [1.54, 1.807) is 6.20 Å². The van der Waals surface area contributed by atoms with Crippen LogP contribution >= 0.6 is 0 Å². The van der Waals surface area contributed by atoms with Crippen LogP contribution in [-0.4, -0.2) is 24.6 Å². The second-order valence-corrected chi connectivity index (χ2v) is 3.57. The third-order valence-electron chi connectivity index (χ3n) is 2.42. The van der Waals surface area contributed by atoms with Gasteiger partial charge in [-0.1, -0.05) is 6.07 Å². The summed E-state index contributed by atoms with van der Waals surface area (Å²) in [5, 5.41) is 4.83. The molecule has 88 valence electrons. The summed E-state index contributed by atoms with van der Waals surface area (Å²) in [6, 6.07) is 7.45. The van der Waals surface area contributed by atoms with Crippen molar-refractivity contribution in [2.24, 2.45) is 0 Å². The van der Waals surface area contributed by atoms with Crippen molar-refractivity contribution in [3.8, 4) is 0 Å². The molecule has 0 unspecified atom stereocenters. The van der Waals surface area contributed by atoms with Gasteiger partial charge in [0, 0.05) is 17.3 Å². The van der Waals surface area contributed by atoms with Gasteiger partial charge in [-0.15, -0.1) is 0 Å². The SMILES string of the molecule is COC(=O)CNc1nccc2ccc(N)cc12. The zero-order valence-electron chi connectivity index (χ0n) is 9.43. The minimum atomic E-state index is -0.340. The Balaban J connectivity index is 2.33. The highest BCUT2D eigenvalue weighted by atomic mass is 16.5. The normalized spacial score (nSPS) is 10.2. The van der Waals surface area contributed by atoms with E-state index in [4.69, 9.17) is 5.73 Å². The smallest absolute Gasteiger partial charge is 0.325 e. The first-order chi connectivity index (χ1) is 8.20. The average molecular weight is 231 g/mol. The predicted molar refractivity (Wildman–Crippen MR) is 66.7 cm³/mol. The number of rotatable bonds is 3. The summed E-state index contributed by atoms with van der Waals surface area (Å²) >= 11 is 0. The van der Waals surface area contributed by atoms with Crippen molar-refractivity contribution in [3.63, 3.8) is 0 Å². The Hall–Kier alpha value is -2.30. The highest BCUT2D eigenvalue weighted by Gasteiger charge is 2.05. The molecule has 0 aliphatic rings. The zero-order chi connectivity index (χ0) is 12.3. The quantitative estimate of drug-likeness (QED) is 0.616. The fraction of sp³-hybridized carbons (Fsp3) is 0.167. The van der Waals surface area contributed by atoms with E-state index >= 15 is 0 Å². The summed E-state index contributed by atoms with van der Waals surface area (Å²) in [5.41, 5.74) is 6.39. The second kappa shape index (κ2) is 4.69. The number of pyridine rings is 1. The summed E-state index contributed by atoms with van der Waals surface area (Å²) in [6.07, 6.45) is 1.68. The Morgan fingerprint density at radius 2 is 2.29 bits per heavy atom. The van der Waals surface area contributed by atoms with Gasteiger partial charge in [0.05, 0.1) is 7.11 Å². The molecule has 2 aromatic rings. The Kier molecular flexibility index (Phi) is 3.09. The monoisotopic (exact) mass is 231 g/mol.